The number of esters is 1. The summed E-state index contributed by atoms with van der Waals surface area (Å²) in [4.78, 5) is 33.0. The molecule has 194 valence electrons. The topological polar surface area (TPSA) is 89.5 Å². The van der Waals surface area contributed by atoms with E-state index < -0.39 is 12.0 Å². The molecular formula is C28H31N3O5S. The zero-order valence-electron chi connectivity index (χ0n) is 21.6. The van der Waals surface area contributed by atoms with Gasteiger partial charge in [0.2, 0.25) is 5.91 Å². The van der Waals surface area contributed by atoms with Crippen LogP contribution in [0.4, 0.5) is 0 Å². The van der Waals surface area contributed by atoms with E-state index in [0.717, 1.165) is 11.3 Å². The Bertz CT molecular complexity index is 1270. The molecule has 1 atom stereocenters. The number of carbonyl (C=O) groups is 2. The molecular weight excluding hydrogens is 490 g/mol. The lowest BCUT2D eigenvalue weighted by molar-refractivity contribution is -0.143. The van der Waals surface area contributed by atoms with Crippen molar-refractivity contribution >= 4 is 28.8 Å². The highest BCUT2D eigenvalue weighted by atomic mass is 32.2. The van der Waals surface area contributed by atoms with Crippen molar-refractivity contribution < 1.29 is 23.8 Å². The summed E-state index contributed by atoms with van der Waals surface area (Å²) >= 11 is 1.42. The zero-order valence-corrected chi connectivity index (χ0v) is 22.4. The summed E-state index contributed by atoms with van der Waals surface area (Å²) in [7, 11) is 3.17. The van der Waals surface area contributed by atoms with Crippen LogP contribution in [-0.4, -0.2) is 42.3 Å². The van der Waals surface area contributed by atoms with Gasteiger partial charge in [-0.15, -0.1) is 0 Å². The average molecular weight is 522 g/mol. The van der Waals surface area contributed by atoms with Crippen molar-refractivity contribution in [2.45, 2.75) is 45.9 Å². The van der Waals surface area contributed by atoms with Crippen LogP contribution in [0, 0.1) is 0 Å². The summed E-state index contributed by atoms with van der Waals surface area (Å²) in [6, 6.07) is 14.6. The Kier molecular flexibility index (Phi) is 8.23. The van der Waals surface area contributed by atoms with Crippen LogP contribution in [0.1, 0.15) is 44.4 Å². The lowest BCUT2D eigenvalue weighted by Gasteiger charge is -2.37. The van der Waals surface area contributed by atoms with Gasteiger partial charge in [-0.3, -0.25) is 4.79 Å². The van der Waals surface area contributed by atoms with E-state index >= 15 is 0 Å². The number of aliphatic imine (C=N–C) groups is 1. The number of hydrogen-bond acceptors (Lipinski definition) is 8. The molecule has 0 fully saturated rings. The predicted octanol–water partition coefficient (Wildman–Crippen LogP) is 4.94. The first-order valence-electron chi connectivity index (χ1n) is 12.0. The Labute approximate surface area is 221 Å². The van der Waals surface area contributed by atoms with Crippen LogP contribution in [-0.2, 0) is 20.9 Å². The maximum Gasteiger partial charge on any atom is 0.338 e. The monoisotopic (exact) mass is 521 g/mol. The standard InChI is InChI=1S/C28H31N3O5S/c1-17(2)36-27(33)25-18(3)30-28-31(26(25)22-14-21(34-4)11-12-23(22)35-5)20(16-37-28)13-24(32)29-15-19-9-7-6-8-10-19/h6-12,14,16-17,26H,13,15H2,1-5H3,(H,29,32)/t26-/m0/s1. The number of hydrogen-bond donors (Lipinski definition) is 1. The molecule has 8 nitrogen and oxygen atoms in total. The zero-order chi connectivity index (χ0) is 26.5. The van der Waals surface area contributed by atoms with Crippen molar-refractivity contribution in [3.8, 4) is 11.5 Å². The lowest BCUT2D eigenvalue weighted by atomic mass is 9.92. The normalized spacial score (nSPS) is 16.7. The third kappa shape index (κ3) is 5.83. The Morgan fingerprint density at radius 1 is 1.11 bits per heavy atom. The molecule has 0 saturated heterocycles. The molecule has 0 unspecified atom stereocenters. The predicted molar refractivity (Wildman–Crippen MR) is 144 cm³/mol. The second-order valence-electron chi connectivity index (χ2n) is 8.89. The summed E-state index contributed by atoms with van der Waals surface area (Å²) in [5.41, 5.74) is 3.40. The Morgan fingerprint density at radius 2 is 1.86 bits per heavy atom. The van der Waals surface area contributed by atoms with E-state index in [1.165, 1.54) is 11.8 Å². The van der Waals surface area contributed by atoms with E-state index in [1.54, 1.807) is 47.1 Å². The average Bonchev–Trinajstić information content (AvgIpc) is 3.28. The third-order valence-corrected chi connectivity index (χ3v) is 6.86. The fraction of sp³-hybridized carbons (Fsp3) is 0.321. The number of carbonyl (C=O) groups excluding carboxylic acids is 2. The highest BCUT2D eigenvalue weighted by Crippen LogP contribution is 2.47. The molecule has 9 heteroatoms. The van der Waals surface area contributed by atoms with E-state index in [1.807, 2.05) is 46.7 Å². The molecule has 2 heterocycles. The fourth-order valence-corrected chi connectivity index (χ4v) is 5.24. The van der Waals surface area contributed by atoms with E-state index in [4.69, 9.17) is 19.2 Å². The van der Waals surface area contributed by atoms with Crippen molar-refractivity contribution in [1.82, 2.24) is 10.2 Å². The minimum Gasteiger partial charge on any atom is -0.497 e. The molecule has 2 aromatic rings. The van der Waals surface area contributed by atoms with Gasteiger partial charge in [0.15, 0.2) is 5.17 Å². The Balaban J connectivity index is 1.70. The van der Waals surface area contributed by atoms with Crippen molar-refractivity contribution in [2.75, 3.05) is 14.2 Å². The molecule has 0 radical (unpaired) electrons. The second-order valence-corrected chi connectivity index (χ2v) is 9.73. The molecule has 2 aliphatic heterocycles. The lowest BCUT2D eigenvalue weighted by Crippen LogP contribution is -2.38. The van der Waals surface area contributed by atoms with Gasteiger partial charge in [-0.2, -0.15) is 0 Å². The number of rotatable bonds is 9. The van der Waals surface area contributed by atoms with Crippen LogP contribution in [0.3, 0.4) is 0 Å². The van der Waals surface area contributed by atoms with E-state index in [9.17, 15) is 9.59 Å². The SMILES string of the molecule is COc1ccc(OC)c([C@H]2C(C(=O)OC(C)C)=C(C)N=C3SC=C(CC(=O)NCc4ccccc4)N32)c1. The summed E-state index contributed by atoms with van der Waals surface area (Å²) < 4.78 is 16.8. The van der Waals surface area contributed by atoms with Gasteiger partial charge in [0.25, 0.3) is 0 Å². The quantitative estimate of drug-likeness (QED) is 0.468. The van der Waals surface area contributed by atoms with Crippen LogP contribution in [0.2, 0.25) is 0 Å². The van der Waals surface area contributed by atoms with E-state index in [2.05, 4.69) is 5.32 Å². The summed E-state index contributed by atoms with van der Waals surface area (Å²) in [6.45, 7) is 5.84. The summed E-state index contributed by atoms with van der Waals surface area (Å²) in [5.74, 6) is 0.604. The molecule has 0 aromatic heterocycles. The van der Waals surface area contributed by atoms with Gasteiger partial charge < -0.3 is 24.4 Å². The molecule has 1 amide bonds. The number of amides is 1. The number of allylic oxidation sites excluding steroid dienone is 1. The first-order chi connectivity index (χ1) is 17.8. The van der Waals surface area contributed by atoms with Crippen LogP contribution >= 0.6 is 11.8 Å². The molecule has 4 rings (SSSR count). The molecule has 0 saturated carbocycles. The summed E-state index contributed by atoms with van der Waals surface area (Å²) in [6.07, 6.45) is -0.189. The van der Waals surface area contributed by atoms with Crippen LogP contribution < -0.4 is 14.8 Å². The Hall–Kier alpha value is -3.72. The molecule has 2 aliphatic rings. The van der Waals surface area contributed by atoms with Crippen LogP contribution in [0.5, 0.6) is 11.5 Å². The van der Waals surface area contributed by atoms with Gasteiger partial charge in [-0.1, -0.05) is 42.1 Å². The molecule has 37 heavy (non-hydrogen) atoms. The van der Waals surface area contributed by atoms with Gasteiger partial charge in [0.05, 0.1) is 44.1 Å². The highest BCUT2D eigenvalue weighted by Gasteiger charge is 2.42. The molecule has 1 N–H and O–H groups in total. The molecule has 0 aliphatic carbocycles. The minimum absolute atomic E-state index is 0.118. The van der Waals surface area contributed by atoms with E-state index in [0.29, 0.717) is 40.0 Å². The van der Waals surface area contributed by atoms with Crippen molar-refractivity contribution in [1.29, 1.82) is 0 Å². The number of nitrogens with zero attached hydrogens (tertiary/aromatic N) is 2. The largest absolute Gasteiger partial charge is 0.497 e. The number of benzene rings is 2. The second kappa shape index (κ2) is 11.6. The number of ether oxygens (including phenoxy) is 3. The Morgan fingerprint density at radius 3 is 2.54 bits per heavy atom. The van der Waals surface area contributed by atoms with E-state index in [-0.39, 0.29) is 18.4 Å². The van der Waals surface area contributed by atoms with Crippen molar-refractivity contribution in [3.63, 3.8) is 0 Å². The summed E-state index contributed by atoms with van der Waals surface area (Å²) in [5, 5.41) is 5.57. The number of amidine groups is 1. The van der Waals surface area contributed by atoms with Crippen LogP contribution in [0.25, 0.3) is 0 Å². The minimum atomic E-state index is -0.619. The molecule has 0 spiro atoms. The van der Waals surface area contributed by atoms with Crippen molar-refractivity contribution in [2.24, 2.45) is 4.99 Å². The van der Waals surface area contributed by atoms with Gasteiger partial charge >= 0.3 is 5.97 Å². The molecule has 0 bridgehead atoms. The highest BCUT2D eigenvalue weighted by molar-refractivity contribution is 8.16. The molecule has 2 aromatic carbocycles. The van der Waals surface area contributed by atoms with Crippen LogP contribution in [0.15, 0.2) is 75.9 Å². The van der Waals surface area contributed by atoms with Gasteiger partial charge in [0.1, 0.15) is 11.5 Å². The van der Waals surface area contributed by atoms with Gasteiger partial charge in [0, 0.05) is 17.8 Å². The third-order valence-electron chi connectivity index (χ3n) is 5.97. The number of thioether (sulfide) groups is 1. The maximum absolute atomic E-state index is 13.4. The van der Waals surface area contributed by atoms with Gasteiger partial charge in [-0.25, -0.2) is 9.79 Å². The first-order valence-corrected chi connectivity index (χ1v) is 12.9. The number of fused-ring (bicyclic) bond motifs is 1. The van der Waals surface area contributed by atoms with Gasteiger partial charge in [-0.05, 0) is 49.9 Å². The first kappa shape index (κ1) is 26.3. The maximum atomic E-state index is 13.4. The fourth-order valence-electron chi connectivity index (χ4n) is 4.28. The smallest absolute Gasteiger partial charge is 0.338 e. The number of nitrogens with one attached hydrogen (secondary N) is 1. The number of methoxy groups -OCH3 is 2. The van der Waals surface area contributed by atoms with Crippen molar-refractivity contribution in [3.05, 3.63) is 82.0 Å².